The quantitative estimate of drug-likeness (QED) is 0.645. The number of hydrogen-bond donors (Lipinski definition) is 0. The van der Waals surface area contributed by atoms with E-state index in [2.05, 4.69) is 18.1 Å². The molecule has 0 spiro atoms. The highest BCUT2D eigenvalue weighted by Gasteiger charge is 2.14. The maximum Gasteiger partial charge on any atom is 0.135 e. The summed E-state index contributed by atoms with van der Waals surface area (Å²) < 4.78 is 5.51. The molecule has 0 aromatic heterocycles. The number of aryl methyl sites for hydroxylation is 2. The van der Waals surface area contributed by atoms with E-state index in [-0.39, 0.29) is 0 Å². The van der Waals surface area contributed by atoms with Crippen LogP contribution in [0.1, 0.15) is 30.0 Å². The fourth-order valence-electron chi connectivity index (χ4n) is 1.99. The third kappa shape index (κ3) is 1.48. The summed E-state index contributed by atoms with van der Waals surface area (Å²) in [6.07, 6.45) is 9.02. The number of hydrogen-bond acceptors (Lipinski definition) is 1. The monoisotopic (exact) mass is 186 g/mol. The van der Waals surface area contributed by atoms with Crippen LogP contribution < -0.4 is 4.74 Å². The SMILES string of the molecule is C#Cc1cc2c(cc1OCC)CCC2. The van der Waals surface area contributed by atoms with Crippen molar-refractivity contribution in [2.45, 2.75) is 26.2 Å². The molecule has 2 rings (SSSR count). The van der Waals surface area contributed by atoms with Crippen LogP contribution in [0.2, 0.25) is 0 Å². The van der Waals surface area contributed by atoms with Gasteiger partial charge in [-0.25, -0.2) is 0 Å². The van der Waals surface area contributed by atoms with E-state index >= 15 is 0 Å². The van der Waals surface area contributed by atoms with E-state index in [0.717, 1.165) is 17.7 Å². The van der Waals surface area contributed by atoms with Crippen molar-refractivity contribution in [2.24, 2.45) is 0 Å². The number of rotatable bonds is 2. The molecule has 1 aliphatic rings. The Balaban J connectivity index is 2.45. The first kappa shape index (κ1) is 9.15. The van der Waals surface area contributed by atoms with Gasteiger partial charge in [0.1, 0.15) is 5.75 Å². The zero-order valence-electron chi connectivity index (χ0n) is 8.47. The molecule has 0 aliphatic heterocycles. The van der Waals surface area contributed by atoms with Gasteiger partial charge in [0.05, 0.1) is 12.2 Å². The Bertz CT molecular complexity index is 385. The number of benzene rings is 1. The molecule has 72 valence electrons. The van der Waals surface area contributed by atoms with Crippen LogP contribution in [0.3, 0.4) is 0 Å². The first-order valence-corrected chi connectivity index (χ1v) is 5.10. The van der Waals surface area contributed by atoms with Crippen LogP contribution in [-0.4, -0.2) is 6.61 Å². The van der Waals surface area contributed by atoms with Gasteiger partial charge in [-0.2, -0.15) is 0 Å². The van der Waals surface area contributed by atoms with Gasteiger partial charge < -0.3 is 4.74 Å². The van der Waals surface area contributed by atoms with E-state index in [1.165, 1.54) is 24.0 Å². The summed E-state index contributed by atoms with van der Waals surface area (Å²) in [5.74, 6) is 3.56. The van der Waals surface area contributed by atoms with Crippen LogP contribution in [0.5, 0.6) is 5.75 Å². The van der Waals surface area contributed by atoms with Crippen molar-refractivity contribution in [1.29, 1.82) is 0 Å². The van der Waals surface area contributed by atoms with Crippen LogP contribution >= 0.6 is 0 Å². The molecule has 0 atom stereocenters. The van der Waals surface area contributed by atoms with Gasteiger partial charge in [0.2, 0.25) is 0 Å². The first-order valence-electron chi connectivity index (χ1n) is 5.10. The third-order valence-corrected chi connectivity index (χ3v) is 2.65. The molecule has 0 saturated carbocycles. The summed E-state index contributed by atoms with van der Waals surface area (Å²) in [7, 11) is 0. The molecule has 1 aliphatic carbocycles. The molecule has 0 amide bonds. The van der Waals surface area contributed by atoms with Crippen molar-refractivity contribution in [3.8, 4) is 18.1 Å². The largest absolute Gasteiger partial charge is 0.493 e. The summed E-state index contributed by atoms with van der Waals surface area (Å²) in [5, 5.41) is 0. The fourth-order valence-corrected chi connectivity index (χ4v) is 1.99. The smallest absolute Gasteiger partial charge is 0.135 e. The fraction of sp³-hybridized carbons (Fsp3) is 0.385. The van der Waals surface area contributed by atoms with E-state index < -0.39 is 0 Å². The lowest BCUT2D eigenvalue weighted by molar-refractivity contribution is 0.339. The third-order valence-electron chi connectivity index (χ3n) is 2.65. The van der Waals surface area contributed by atoms with E-state index in [1.807, 2.05) is 6.92 Å². The Labute approximate surface area is 85.1 Å². The van der Waals surface area contributed by atoms with Gasteiger partial charge in [0.25, 0.3) is 0 Å². The van der Waals surface area contributed by atoms with Crippen LogP contribution in [0, 0.1) is 12.3 Å². The van der Waals surface area contributed by atoms with Gasteiger partial charge in [-0.05, 0) is 49.4 Å². The van der Waals surface area contributed by atoms with Crippen molar-refractivity contribution in [3.05, 3.63) is 28.8 Å². The highest BCUT2D eigenvalue weighted by atomic mass is 16.5. The van der Waals surface area contributed by atoms with Gasteiger partial charge in [0, 0.05) is 0 Å². The van der Waals surface area contributed by atoms with E-state index in [9.17, 15) is 0 Å². The van der Waals surface area contributed by atoms with E-state index in [1.54, 1.807) is 0 Å². The molecule has 0 unspecified atom stereocenters. The second-order valence-electron chi connectivity index (χ2n) is 3.55. The topological polar surface area (TPSA) is 9.23 Å². The molecule has 0 radical (unpaired) electrons. The maximum absolute atomic E-state index is 5.51. The van der Waals surface area contributed by atoms with Crippen LogP contribution in [0.4, 0.5) is 0 Å². The Hall–Kier alpha value is -1.42. The Morgan fingerprint density at radius 2 is 2.07 bits per heavy atom. The second-order valence-corrected chi connectivity index (χ2v) is 3.55. The molecule has 0 fully saturated rings. The van der Waals surface area contributed by atoms with E-state index in [4.69, 9.17) is 11.2 Å². The zero-order chi connectivity index (χ0) is 9.97. The standard InChI is InChI=1S/C13H14O/c1-3-10-8-11-6-5-7-12(11)9-13(10)14-4-2/h1,8-9H,4-7H2,2H3. The van der Waals surface area contributed by atoms with Gasteiger partial charge in [0.15, 0.2) is 0 Å². The summed E-state index contributed by atoms with van der Waals surface area (Å²) in [4.78, 5) is 0. The van der Waals surface area contributed by atoms with Gasteiger partial charge in [-0.3, -0.25) is 0 Å². The predicted molar refractivity (Wildman–Crippen MR) is 57.6 cm³/mol. The van der Waals surface area contributed by atoms with Crippen LogP contribution in [0.25, 0.3) is 0 Å². The normalized spacial score (nSPS) is 13.4. The molecule has 0 N–H and O–H groups in total. The highest BCUT2D eigenvalue weighted by Crippen LogP contribution is 2.29. The van der Waals surface area contributed by atoms with Crippen LogP contribution in [-0.2, 0) is 12.8 Å². The van der Waals surface area contributed by atoms with Crippen LogP contribution in [0.15, 0.2) is 12.1 Å². The van der Waals surface area contributed by atoms with Gasteiger partial charge in [-0.15, -0.1) is 6.42 Å². The second kappa shape index (κ2) is 3.75. The molecular weight excluding hydrogens is 172 g/mol. The van der Waals surface area contributed by atoms with Gasteiger partial charge >= 0.3 is 0 Å². The zero-order valence-corrected chi connectivity index (χ0v) is 8.47. The van der Waals surface area contributed by atoms with Crippen molar-refractivity contribution in [1.82, 2.24) is 0 Å². The minimum absolute atomic E-state index is 0.674. The molecule has 1 heteroatoms. The number of fused-ring (bicyclic) bond motifs is 1. The molecule has 1 nitrogen and oxygen atoms in total. The molecule has 1 aromatic carbocycles. The lowest BCUT2D eigenvalue weighted by Gasteiger charge is -2.08. The average Bonchev–Trinajstić information content (AvgIpc) is 2.64. The first-order chi connectivity index (χ1) is 6.85. The average molecular weight is 186 g/mol. The molecule has 0 heterocycles. The maximum atomic E-state index is 5.51. The molecule has 0 saturated heterocycles. The molecule has 0 bridgehead atoms. The minimum Gasteiger partial charge on any atom is -0.493 e. The molecular formula is C13H14O. The summed E-state index contributed by atoms with van der Waals surface area (Å²) >= 11 is 0. The Morgan fingerprint density at radius 1 is 1.36 bits per heavy atom. The predicted octanol–water partition coefficient (Wildman–Crippen LogP) is 2.56. The van der Waals surface area contributed by atoms with Gasteiger partial charge in [-0.1, -0.05) is 5.92 Å². The Morgan fingerprint density at radius 3 is 2.71 bits per heavy atom. The Kier molecular flexibility index (Phi) is 2.45. The molecule has 14 heavy (non-hydrogen) atoms. The summed E-state index contributed by atoms with van der Waals surface area (Å²) in [5.41, 5.74) is 3.71. The highest BCUT2D eigenvalue weighted by molar-refractivity contribution is 5.51. The summed E-state index contributed by atoms with van der Waals surface area (Å²) in [6.45, 7) is 2.65. The van der Waals surface area contributed by atoms with Crippen molar-refractivity contribution < 1.29 is 4.74 Å². The molecule has 1 aromatic rings. The van der Waals surface area contributed by atoms with Crippen molar-refractivity contribution in [2.75, 3.05) is 6.61 Å². The lowest BCUT2D eigenvalue weighted by atomic mass is 10.1. The van der Waals surface area contributed by atoms with E-state index in [0.29, 0.717) is 6.61 Å². The van der Waals surface area contributed by atoms with Crippen molar-refractivity contribution in [3.63, 3.8) is 0 Å². The minimum atomic E-state index is 0.674. The lowest BCUT2D eigenvalue weighted by Crippen LogP contribution is -1.96. The summed E-state index contributed by atoms with van der Waals surface area (Å²) in [6, 6.07) is 4.22. The number of terminal acetylenes is 1. The van der Waals surface area contributed by atoms with Crippen molar-refractivity contribution >= 4 is 0 Å². The number of ether oxygens (including phenoxy) is 1.